The zero-order chi connectivity index (χ0) is 33.1. The van der Waals surface area contributed by atoms with Crippen molar-refractivity contribution in [1.29, 1.82) is 0 Å². The Morgan fingerprint density at radius 3 is 2.20 bits per heavy atom. The SMILES string of the molecule is CCCCNC(=O)[C@@H](Cc1ccccc1)N(Cc1cccc(C)c1)C(=O)CN(c1ccc(OC)c(Cl)c1)S(=O)(=O)c1ccccc1. The highest BCUT2D eigenvalue weighted by Gasteiger charge is 2.34. The molecule has 10 heteroatoms. The fraction of sp³-hybridized carbons (Fsp3) is 0.278. The van der Waals surface area contributed by atoms with Crippen LogP contribution in [0, 0.1) is 6.92 Å². The van der Waals surface area contributed by atoms with Gasteiger partial charge in [-0.25, -0.2) is 8.42 Å². The summed E-state index contributed by atoms with van der Waals surface area (Å²) < 4.78 is 34.6. The van der Waals surface area contributed by atoms with Crippen LogP contribution in [0.3, 0.4) is 0 Å². The number of ether oxygens (including phenoxy) is 1. The summed E-state index contributed by atoms with van der Waals surface area (Å²) in [5.41, 5.74) is 2.87. The fourth-order valence-corrected chi connectivity index (χ4v) is 6.81. The number of halogens is 1. The molecule has 0 fully saturated rings. The summed E-state index contributed by atoms with van der Waals surface area (Å²) in [5.74, 6) is -0.482. The van der Waals surface area contributed by atoms with E-state index in [-0.39, 0.29) is 34.5 Å². The molecule has 242 valence electrons. The third-order valence-corrected chi connectivity index (χ3v) is 9.65. The number of aryl methyl sites for hydroxylation is 1. The molecule has 0 bridgehead atoms. The van der Waals surface area contributed by atoms with Crippen molar-refractivity contribution in [2.24, 2.45) is 0 Å². The van der Waals surface area contributed by atoms with Crippen molar-refractivity contribution in [3.8, 4) is 5.75 Å². The van der Waals surface area contributed by atoms with E-state index in [0.717, 1.165) is 33.8 Å². The number of hydrogen-bond donors (Lipinski definition) is 1. The van der Waals surface area contributed by atoms with Gasteiger partial charge in [-0.05, 0) is 54.8 Å². The summed E-state index contributed by atoms with van der Waals surface area (Å²) in [4.78, 5) is 29.9. The third kappa shape index (κ3) is 8.89. The van der Waals surface area contributed by atoms with E-state index in [9.17, 15) is 18.0 Å². The largest absolute Gasteiger partial charge is 0.495 e. The van der Waals surface area contributed by atoms with E-state index in [4.69, 9.17) is 16.3 Å². The summed E-state index contributed by atoms with van der Waals surface area (Å²) >= 11 is 6.44. The average molecular weight is 662 g/mol. The molecule has 0 radical (unpaired) electrons. The second-order valence-corrected chi connectivity index (χ2v) is 13.3. The molecule has 0 spiro atoms. The highest BCUT2D eigenvalue weighted by atomic mass is 35.5. The van der Waals surface area contributed by atoms with Crippen molar-refractivity contribution in [1.82, 2.24) is 10.2 Å². The molecular formula is C36H40ClN3O5S. The molecular weight excluding hydrogens is 622 g/mol. The number of methoxy groups -OCH3 is 1. The lowest BCUT2D eigenvalue weighted by atomic mass is 10.0. The molecule has 4 rings (SSSR count). The Labute approximate surface area is 277 Å². The normalized spacial score (nSPS) is 11.8. The van der Waals surface area contributed by atoms with Crippen molar-refractivity contribution >= 4 is 39.1 Å². The van der Waals surface area contributed by atoms with Crippen LogP contribution in [0.15, 0.2) is 108 Å². The first-order chi connectivity index (χ1) is 22.1. The van der Waals surface area contributed by atoms with Crippen LogP contribution in [-0.2, 0) is 32.6 Å². The number of sulfonamides is 1. The lowest BCUT2D eigenvalue weighted by Crippen LogP contribution is -2.53. The number of carbonyl (C=O) groups is 2. The number of carbonyl (C=O) groups excluding carboxylic acids is 2. The molecule has 0 saturated carbocycles. The summed E-state index contributed by atoms with van der Waals surface area (Å²) in [6, 6.07) is 28.7. The smallest absolute Gasteiger partial charge is 0.264 e. The number of nitrogens with one attached hydrogen (secondary N) is 1. The molecule has 0 aliphatic rings. The quantitative estimate of drug-likeness (QED) is 0.149. The zero-order valence-electron chi connectivity index (χ0n) is 26.4. The van der Waals surface area contributed by atoms with Crippen LogP contribution in [-0.4, -0.2) is 51.4 Å². The zero-order valence-corrected chi connectivity index (χ0v) is 27.9. The van der Waals surface area contributed by atoms with Gasteiger partial charge < -0.3 is 15.0 Å². The summed E-state index contributed by atoms with van der Waals surface area (Å²) in [5, 5.41) is 3.19. The van der Waals surface area contributed by atoms with Gasteiger partial charge in [0.1, 0.15) is 18.3 Å². The molecule has 0 heterocycles. The number of benzene rings is 4. The third-order valence-electron chi connectivity index (χ3n) is 7.57. The molecule has 0 saturated heterocycles. The molecule has 2 amide bonds. The minimum Gasteiger partial charge on any atom is -0.495 e. The van der Waals surface area contributed by atoms with Gasteiger partial charge in [0.2, 0.25) is 11.8 Å². The first kappa shape index (κ1) is 34.5. The van der Waals surface area contributed by atoms with E-state index in [2.05, 4.69) is 5.32 Å². The van der Waals surface area contributed by atoms with Gasteiger partial charge in [-0.3, -0.25) is 13.9 Å². The van der Waals surface area contributed by atoms with Crippen LogP contribution in [0.1, 0.15) is 36.5 Å². The molecule has 1 atom stereocenters. The lowest BCUT2D eigenvalue weighted by molar-refractivity contribution is -0.140. The number of rotatable bonds is 15. The highest BCUT2D eigenvalue weighted by molar-refractivity contribution is 7.92. The van der Waals surface area contributed by atoms with Gasteiger partial charge in [0, 0.05) is 19.5 Å². The second kappa shape index (κ2) is 16.3. The molecule has 4 aromatic rings. The summed E-state index contributed by atoms with van der Waals surface area (Å²) in [6.45, 7) is 3.98. The average Bonchev–Trinajstić information content (AvgIpc) is 3.06. The van der Waals surface area contributed by atoms with E-state index in [1.54, 1.807) is 30.3 Å². The lowest BCUT2D eigenvalue weighted by Gasteiger charge is -2.34. The monoisotopic (exact) mass is 661 g/mol. The first-order valence-corrected chi connectivity index (χ1v) is 17.0. The molecule has 0 unspecified atom stereocenters. The Morgan fingerprint density at radius 1 is 0.891 bits per heavy atom. The highest BCUT2D eigenvalue weighted by Crippen LogP contribution is 2.32. The van der Waals surface area contributed by atoms with Crippen molar-refractivity contribution in [2.75, 3.05) is 24.5 Å². The molecule has 0 aromatic heterocycles. The van der Waals surface area contributed by atoms with E-state index in [0.29, 0.717) is 12.3 Å². The number of unbranched alkanes of at least 4 members (excludes halogenated alkanes) is 1. The number of hydrogen-bond acceptors (Lipinski definition) is 5. The van der Waals surface area contributed by atoms with Gasteiger partial charge in [-0.15, -0.1) is 0 Å². The number of nitrogens with zero attached hydrogens (tertiary/aromatic N) is 2. The molecule has 0 aliphatic carbocycles. The molecule has 8 nitrogen and oxygen atoms in total. The number of anilines is 1. The van der Waals surface area contributed by atoms with Gasteiger partial charge in [0.15, 0.2) is 0 Å². The van der Waals surface area contributed by atoms with E-state index in [1.165, 1.54) is 30.2 Å². The maximum absolute atomic E-state index is 14.6. The second-order valence-electron chi connectivity index (χ2n) is 11.0. The number of amides is 2. The Balaban J connectivity index is 1.81. The minimum atomic E-state index is -4.24. The van der Waals surface area contributed by atoms with Gasteiger partial charge >= 0.3 is 0 Å². The Morgan fingerprint density at radius 2 is 1.57 bits per heavy atom. The van der Waals surface area contributed by atoms with E-state index < -0.39 is 28.5 Å². The molecule has 4 aromatic carbocycles. The van der Waals surface area contributed by atoms with E-state index >= 15 is 0 Å². The van der Waals surface area contributed by atoms with Crippen LogP contribution in [0.5, 0.6) is 5.75 Å². The Kier molecular flexibility index (Phi) is 12.2. The van der Waals surface area contributed by atoms with Crippen molar-refractivity contribution < 1.29 is 22.7 Å². The predicted octanol–water partition coefficient (Wildman–Crippen LogP) is 6.41. The molecule has 1 N–H and O–H groups in total. The topological polar surface area (TPSA) is 96.0 Å². The van der Waals surface area contributed by atoms with Crippen molar-refractivity contribution in [3.63, 3.8) is 0 Å². The Hall–Kier alpha value is -4.34. The predicted molar refractivity (Wildman–Crippen MR) is 183 cm³/mol. The summed E-state index contributed by atoms with van der Waals surface area (Å²) in [7, 11) is -2.77. The minimum absolute atomic E-state index is 0.0121. The standard InChI is InChI=1S/C36H40ClN3O5S/c1-4-5-21-38-36(42)33(23-28-14-8-6-9-15-28)39(25-29-16-12-13-27(2)22-29)35(41)26-40(30-19-20-34(45-3)32(37)24-30)46(43,44)31-17-10-7-11-18-31/h6-20,22,24,33H,4-5,21,23,25-26H2,1-3H3,(H,38,42)/t33-/m1/s1. The van der Waals surface area contributed by atoms with Crippen molar-refractivity contribution in [3.05, 3.63) is 125 Å². The van der Waals surface area contributed by atoms with Crippen LogP contribution in [0.2, 0.25) is 5.02 Å². The first-order valence-electron chi connectivity index (χ1n) is 15.2. The van der Waals surface area contributed by atoms with Gasteiger partial charge in [0.05, 0.1) is 22.7 Å². The maximum atomic E-state index is 14.6. The maximum Gasteiger partial charge on any atom is 0.264 e. The van der Waals surface area contributed by atoms with E-state index in [1.807, 2.05) is 68.4 Å². The van der Waals surface area contributed by atoms with Gasteiger partial charge in [-0.1, -0.05) is 103 Å². The van der Waals surface area contributed by atoms with Gasteiger partial charge in [0.25, 0.3) is 10.0 Å². The molecule has 0 aliphatic heterocycles. The van der Waals surface area contributed by atoms with Crippen LogP contribution in [0.4, 0.5) is 5.69 Å². The van der Waals surface area contributed by atoms with Crippen LogP contribution in [0.25, 0.3) is 0 Å². The Bertz CT molecular complexity index is 1720. The summed E-state index contributed by atoms with van der Waals surface area (Å²) in [6.07, 6.45) is 1.93. The fourth-order valence-electron chi connectivity index (χ4n) is 5.13. The van der Waals surface area contributed by atoms with Crippen LogP contribution < -0.4 is 14.4 Å². The van der Waals surface area contributed by atoms with Gasteiger partial charge in [-0.2, -0.15) is 0 Å². The van der Waals surface area contributed by atoms with Crippen molar-refractivity contribution in [2.45, 2.75) is 50.6 Å². The molecule has 46 heavy (non-hydrogen) atoms. The van der Waals surface area contributed by atoms with Crippen LogP contribution >= 0.6 is 11.6 Å².